The molecule has 0 aromatic heterocycles. The molecular weight excluding hydrogens is 216 g/mol. The molecule has 0 radical (unpaired) electrons. The fourth-order valence-corrected chi connectivity index (χ4v) is 1.34. The molecule has 0 heterocycles. The molecule has 0 saturated carbocycles. The predicted molar refractivity (Wildman–Crippen MR) is 58.8 cm³/mol. The van der Waals surface area contributed by atoms with Crippen molar-refractivity contribution in [2.24, 2.45) is 0 Å². The number of carboxylic acid groups (broad SMARTS) is 1. The first kappa shape index (κ1) is 11.9. The van der Waals surface area contributed by atoms with Crippen LogP contribution in [0.15, 0.2) is 18.2 Å². The summed E-state index contributed by atoms with van der Waals surface area (Å²) in [5, 5.41) is 8.95. The van der Waals surface area contributed by atoms with Gasteiger partial charge in [0.2, 0.25) is 0 Å². The first-order valence-corrected chi connectivity index (χ1v) is 5.18. The molecule has 0 aliphatic heterocycles. The van der Waals surface area contributed by atoms with Crippen molar-refractivity contribution >= 4 is 17.6 Å². The zero-order valence-corrected chi connectivity index (χ0v) is 9.25. The van der Waals surface area contributed by atoms with E-state index in [1.54, 1.807) is 6.07 Å². The topological polar surface area (TPSA) is 46.5 Å². The summed E-state index contributed by atoms with van der Waals surface area (Å²) in [6, 6.07) is 4.59. The number of hydrogen-bond acceptors (Lipinski definition) is 2. The van der Waals surface area contributed by atoms with E-state index in [-0.39, 0.29) is 10.6 Å². The van der Waals surface area contributed by atoms with Crippen LogP contribution in [0.25, 0.3) is 0 Å². The Bertz CT molecular complexity index is 350. The Hall–Kier alpha value is -1.22. The van der Waals surface area contributed by atoms with Gasteiger partial charge in [-0.15, -0.1) is 0 Å². The maximum atomic E-state index is 10.7. The van der Waals surface area contributed by atoms with Gasteiger partial charge in [0.1, 0.15) is 5.75 Å². The van der Waals surface area contributed by atoms with Gasteiger partial charge in [-0.3, -0.25) is 0 Å². The van der Waals surface area contributed by atoms with Gasteiger partial charge < -0.3 is 9.84 Å². The standard InChI is InChI=1S/C11H13ClO3/c1-2-3-6-15-8-4-5-9(11(13)14)10(12)7-8/h4-5,7H,2-3,6H2,1H3,(H,13,14). The Labute approximate surface area is 93.6 Å². The molecule has 0 spiro atoms. The second-order valence-corrected chi connectivity index (χ2v) is 3.56. The average molecular weight is 229 g/mol. The molecule has 15 heavy (non-hydrogen) atoms. The predicted octanol–water partition coefficient (Wildman–Crippen LogP) is 3.22. The van der Waals surface area contributed by atoms with Crippen LogP contribution in [-0.2, 0) is 0 Å². The van der Waals surface area contributed by atoms with Crippen LogP contribution in [0.1, 0.15) is 30.1 Å². The van der Waals surface area contributed by atoms with Gasteiger partial charge >= 0.3 is 5.97 Å². The number of rotatable bonds is 5. The highest BCUT2D eigenvalue weighted by atomic mass is 35.5. The maximum Gasteiger partial charge on any atom is 0.337 e. The van der Waals surface area contributed by atoms with Crippen molar-refractivity contribution in [3.05, 3.63) is 28.8 Å². The summed E-state index contributed by atoms with van der Waals surface area (Å²) in [6.07, 6.45) is 2.03. The van der Waals surface area contributed by atoms with Gasteiger partial charge in [0.15, 0.2) is 0 Å². The van der Waals surface area contributed by atoms with E-state index >= 15 is 0 Å². The molecule has 1 N–H and O–H groups in total. The molecule has 3 nitrogen and oxygen atoms in total. The normalized spacial score (nSPS) is 10.0. The van der Waals surface area contributed by atoms with Crippen LogP contribution in [0.4, 0.5) is 0 Å². The van der Waals surface area contributed by atoms with Crippen molar-refractivity contribution in [3.8, 4) is 5.75 Å². The second-order valence-electron chi connectivity index (χ2n) is 3.15. The third kappa shape index (κ3) is 3.44. The maximum absolute atomic E-state index is 10.7. The SMILES string of the molecule is CCCCOc1ccc(C(=O)O)c(Cl)c1. The fraction of sp³-hybridized carbons (Fsp3) is 0.364. The third-order valence-electron chi connectivity index (χ3n) is 1.94. The van der Waals surface area contributed by atoms with Crippen molar-refractivity contribution in [1.29, 1.82) is 0 Å². The Kier molecular flexibility index (Phi) is 4.43. The van der Waals surface area contributed by atoms with Crippen molar-refractivity contribution in [3.63, 3.8) is 0 Å². The molecule has 0 aliphatic carbocycles. The van der Waals surface area contributed by atoms with Crippen LogP contribution >= 0.6 is 11.6 Å². The van der Waals surface area contributed by atoms with Gasteiger partial charge in [0.25, 0.3) is 0 Å². The Morgan fingerprint density at radius 2 is 2.27 bits per heavy atom. The Balaban J connectivity index is 2.69. The van der Waals surface area contributed by atoms with Crippen LogP contribution in [0.3, 0.4) is 0 Å². The van der Waals surface area contributed by atoms with Crippen LogP contribution in [0.2, 0.25) is 5.02 Å². The first-order chi connectivity index (χ1) is 7.15. The number of unbranched alkanes of at least 4 members (excludes halogenated alkanes) is 1. The summed E-state index contributed by atoms with van der Waals surface area (Å²) in [6.45, 7) is 2.70. The lowest BCUT2D eigenvalue weighted by molar-refractivity contribution is 0.0697. The molecule has 82 valence electrons. The molecule has 1 aromatic rings. The number of ether oxygens (including phenoxy) is 1. The number of carbonyl (C=O) groups is 1. The van der Waals surface area contributed by atoms with Gasteiger partial charge in [-0.2, -0.15) is 0 Å². The lowest BCUT2D eigenvalue weighted by Crippen LogP contribution is -2.00. The van der Waals surface area contributed by atoms with Gasteiger partial charge in [-0.25, -0.2) is 4.79 Å². The van der Waals surface area contributed by atoms with Gasteiger partial charge in [0, 0.05) is 0 Å². The molecule has 1 rings (SSSR count). The quantitative estimate of drug-likeness (QED) is 0.788. The van der Waals surface area contributed by atoms with E-state index in [2.05, 4.69) is 6.92 Å². The van der Waals surface area contributed by atoms with E-state index in [0.29, 0.717) is 12.4 Å². The molecule has 0 unspecified atom stereocenters. The number of hydrogen-bond donors (Lipinski definition) is 1. The second kappa shape index (κ2) is 5.61. The minimum atomic E-state index is -1.03. The third-order valence-corrected chi connectivity index (χ3v) is 2.25. The van der Waals surface area contributed by atoms with E-state index in [1.807, 2.05) is 0 Å². The summed E-state index contributed by atoms with van der Waals surface area (Å²) in [5.41, 5.74) is 0.0968. The summed E-state index contributed by atoms with van der Waals surface area (Å²) >= 11 is 5.78. The summed E-state index contributed by atoms with van der Waals surface area (Å²) < 4.78 is 5.38. The monoisotopic (exact) mass is 228 g/mol. The highest BCUT2D eigenvalue weighted by Gasteiger charge is 2.08. The molecule has 1 aromatic carbocycles. The molecule has 0 amide bonds. The first-order valence-electron chi connectivity index (χ1n) is 4.80. The number of halogens is 1. The molecular formula is C11H13ClO3. The minimum absolute atomic E-state index is 0.0968. The summed E-state index contributed by atoms with van der Waals surface area (Å²) in [7, 11) is 0. The van der Waals surface area contributed by atoms with Crippen LogP contribution in [0, 0.1) is 0 Å². The lowest BCUT2D eigenvalue weighted by Gasteiger charge is -2.06. The highest BCUT2D eigenvalue weighted by Crippen LogP contribution is 2.22. The van der Waals surface area contributed by atoms with Crippen molar-refractivity contribution in [2.45, 2.75) is 19.8 Å². The van der Waals surface area contributed by atoms with Gasteiger partial charge in [-0.05, 0) is 24.6 Å². The van der Waals surface area contributed by atoms with Gasteiger partial charge in [-0.1, -0.05) is 24.9 Å². The molecule has 0 aliphatic rings. The van der Waals surface area contributed by atoms with E-state index in [9.17, 15) is 4.79 Å². The average Bonchev–Trinajstić information content (AvgIpc) is 2.17. The molecule has 0 atom stereocenters. The number of carboxylic acids is 1. The fourth-order valence-electron chi connectivity index (χ4n) is 1.09. The van der Waals surface area contributed by atoms with Crippen molar-refractivity contribution in [1.82, 2.24) is 0 Å². The van der Waals surface area contributed by atoms with Crippen molar-refractivity contribution < 1.29 is 14.6 Å². The molecule has 4 heteroatoms. The number of aromatic carboxylic acids is 1. The summed E-state index contributed by atoms with van der Waals surface area (Å²) in [4.78, 5) is 10.7. The van der Waals surface area contributed by atoms with E-state index in [1.165, 1.54) is 12.1 Å². The zero-order chi connectivity index (χ0) is 11.3. The van der Waals surface area contributed by atoms with E-state index in [0.717, 1.165) is 12.8 Å². The number of benzene rings is 1. The molecule has 0 bridgehead atoms. The van der Waals surface area contributed by atoms with Gasteiger partial charge in [0.05, 0.1) is 17.2 Å². The largest absolute Gasteiger partial charge is 0.494 e. The highest BCUT2D eigenvalue weighted by molar-refractivity contribution is 6.33. The lowest BCUT2D eigenvalue weighted by atomic mass is 10.2. The summed E-state index contributed by atoms with van der Waals surface area (Å²) in [5.74, 6) is -0.418. The van der Waals surface area contributed by atoms with Crippen LogP contribution < -0.4 is 4.74 Å². The zero-order valence-electron chi connectivity index (χ0n) is 8.50. The van der Waals surface area contributed by atoms with Crippen LogP contribution in [-0.4, -0.2) is 17.7 Å². The Morgan fingerprint density at radius 3 is 2.80 bits per heavy atom. The smallest absolute Gasteiger partial charge is 0.337 e. The van der Waals surface area contributed by atoms with E-state index < -0.39 is 5.97 Å². The van der Waals surface area contributed by atoms with Crippen LogP contribution in [0.5, 0.6) is 5.75 Å². The van der Waals surface area contributed by atoms with Crippen molar-refractivity contribution in [2.75, 3.05) is 6.61 Å². The van der Waals surface area contributed by atoms with E-state index in [4.69, 9.17) is 21.4 Å². The molecule has 0 fully saturated rings. The Morgan fingerprint density at radius 1 is 1.53 bits per heavy atom. The molecule has 0 saturated heterocycles. The minimum Gasteiger partial charge on any atom is -0.494 e.